The van der Waals surface area contributed by atoms with Gasteiger partial charge in [0.1, 0.15) is 18.5 Å². The predicted molar refractivity (Wildman–Crippen MR) is 70.6 cm³/mol. The third-order valence-corrected chi connectivity index (χ3v) is 3.09. The second-order valence-corrected chi connectivity index (χ2v) is 4.93. The monoisotopic (exact) mass is 286 g/mol. The summed E-state index contributed by atoms with van der Waals surface area (Å²) in [5, 5.41) is 23.8. The molecule has 7 heteroatoms. The lowest BCUT2D eigenvalue weighted by Gasteiger charge is -2.13. The van der Waals surface area contributed by atoms with Crippen molar-refractivity contribution < 1.29 is 14.8 Å². The maximum Gasteiger partial charge on any atom is 0.273 e. The summed E-state index contributed by atoms with van der Waals surface area (Å²) >= 11 is 5.88. The van der Waals surface area contributed by atoms with E-state index in [4.69, 9.17) is 16.3 Å². The van der Waals surface area contributed by atoms with Crippen LogP contribution in [-0.2, 0) is 0 Å². The van der Waals surface area contributed by atoms with E-state index >= 15 is 0 Å². The molecule has 0 amide bonds. The van der Waals surface area contributed by atoms with E-state index in [1.165, 1.54) is 18.2 Å². The Morgan fingerprint density at radius 1 is 1.58 bits per heavy atom. The Morgan fingerprint density at radius 2 is 2.32 bits per heavy atom. The zero-order valence-electron chi connectivity index (χ0n) is 10.2. The minimum atomic E-state index is -0.670. The molecule has 6 nitrogen and oxygen atoms in total. The van der Waals surface area contributed by atoms with Crippen LogP contribution in [0.15, 0.2) is 18.2 Å². The average molecular weight is 287 g/mol. The second kappa shape index (κ2) is 6.18. The van der Waals surface area contributed by atoms with Crippen LogP contribution in [0.4, 0.5) is 5.69 Å². The van der Waals surface area contributed by atoms with Crippen LogP contribution in [0.2, 0.25) is 5.02 Å². The number of non-ortho nitro benzene ring substituents is 1. The third kappa shape index (κ3) is 4.34. The molecule has 1 aliphatic rings. The van der Waals surface area contributed by atoms with Crippen molar-refractivity contribution in [3.63, 3.8) is 0 Å². The fourth-order valence-electron chi connectivity index (χ4n) is 1.55. The minimum Gasteiger partial charge on any atom is -0.489 e. The quantitative estimate of drug-likeness (QED) is 0.589. The molecule has 0 heterocycles. The van der Waals surface area contributed by atoms with Gasteiger partial charge in [-0.2, -0.15) is 0 Å². The van der Waals surface area contributed by atoms with E-state index in [2.05, 4.69) is 5.32 Å². The first-order chi connectivity index (χ1) is 9.06. The number of nitrogens with zero attached hydrogens (tertiary/aromatic N) is 1. The number of rotatable bonds is 7. The van der Waals surface area contributed by atoms with Gasteiger partial charge in [0.05, 0.1) is 16.0 Å². The molecule has 1 atom stereocenters. The summed E-state index contributed by atoms with van der Waals surface area (Å²) in [4.78, 5) is 10.1. The zero-order valence-corrected chi connectivity index (χ0v) is 11.0. The van der Waals surface area contributed by atoms with Gasteiger partial charge in [-0.05, 0) is 18.9 Å². The first kappa shape index (κ1) is 14.0. The van der Waals surface area contributed by atoms with Crippen LogP contribution in [0.25, 0.3) is 0 Å². The van der Waals surface area contributed by atoms with Crippen molar-refractivity contribution in [2.24, 2.45) is 0 Å². The number of hydrogen-bond acceptors (Lipinski definition) is 5. The minimum absolute atomic E-state index is 0.0423. The van der Waals surface area contributed by atoms with Crippen molar-refractivity contribution in [3.05, 3.63) is 33.3 Å². The van der Waals surface area contributed by atoms with Crippen molar-refractivity contribution in [3.8, 4) is 5.75 Å². The van der Waals surface area contributed by atoms with Gasteiger partial charge in [0.25, 0.3) is 5.69 Å². The molecule has 1 aliphatic carbocycles. The molecular weight excluding hydrogens is 272 g/mol. The van der Waals surface area contributed by atoms with Gasteiger partial charge in [0.15, 0.2) is 0 Å². The van der Waals surface area contributed by atoms with Crippen LogP contribution in [0.1, 0.15) is 12.8 Å². The number of aliphatic hydroxyl groups excluding tert-OH is 1. The summed E-state index contributed by atoms with van der Waals surface area (Å²) in [7, 11) is 0. The van der Waals surface area contributed by atoms with Crippen LogP contribution in [0.5, 0.6) is 5.75 Å². The zero-order chi connectivity index (χ0) is 13.8. The molecule has 1 aromatic carbocycles. The second-order valence-electron chi connectivity index (χ2n) is 4.52. The standard InChI is InChI=1S/C12H15ClN2O4/c13-11-4-3-9(15(17)18)5-12(11)19-7-10(16)6-14-8-1-2-8/h3-5,8,10,14,16H,1-2,6-7H2. The molecule has 0 aromatic heterocycles. The Morgan fingerprint density at radius 3 is 2.95 bits per heavy atom. The van der Waals surface area contributed by atoms with Gasteiger partial charge in [-0.15, -0.1) is 0 Å². The highest BCUT2D eigenvalue weighted by molar-refractivity contribution is 6.32. The van der Waals surface area contributed by atoms with Crippen LogP contribution in [-0.4, -0.2) is 35.3 Å². The molecule has 104 valence electrons. The lowest BCUT2D eigenvalue weighted by atomic mass is 10.3. The molecule has 2 N–H and O–H groups in total. The SMILES string of the molecule is O=[N+]([O-])c1ccc(Cl)c(OCC(O)CNC2CC2)c1. The number of nitro groups is 1. The van der Waals surface area contributed by atoms with Crippen molar-refractivity contribution in [2.75, 3.05) is 13.2 Å². The van der Waals surface area contributed by atoms with E-state index in [1.807, 2.05) is 0 Å². The first-order valence-electron chi connectivity index (χ1n) is 6.04. The molecule has 19 heavy (non-hydrogen) atoms. The van der Waals surface area contributed by atoms with Gasteiger partial charge in [-0.25, -0.2) is 0 Å². The Kier molecular flexibility index (Phi) is 4.57. The highest BCUT2D eigenvalue weighted by Gasteiger charge is 2.21. The van der Waals surface area contributed by atoms with E-state index in [9.17, 15) is 15.2 Å². The average Bonchev–Trinajstić information content (AvgIpc) is 3.19. The van der Waals surface area contributed by atoms with Gasteiger partial charge < -0.3 is 15.2 Å². The van der Waals surface area contributed by atoms with Gasteiger partial charge in [0.2, 0.25) is 0 Å². The highest BCUT2D eigenvalue weighted by atomic mass is 35.5. The largest absolute Gasteiger partial charge is 0.489 e. The molecule has 0 saturated heterocycles. The number of aliphatic hydroxyl groups is 1. The maximum atomic E-state index is 10.6. The smallest absolute Gasteiger partial charge is 0.273 e. The molecule has 0 radical (unpaired) electrons. The van der Waals surface area contributed by atoms with Crippen LogP contribution in [0.3, 0.4) is 0 Å². The van der Waals surface area contributed by atoms with Crippen molar-refractivity contribution >= 4 is 17.3 Å². The molecule has 2 rings (SSSR count). The molecule has 0 bridgehead atoms. The number of hydrogen-bond donors (Lipinski definition) is 2. The summed E-state index contributed by atoms with van der Waals surface area (Å²) in [5.74, 6) is 0.210. The Balaban J connectivity index is 1.86. The van der Waals surface area contributed by atoms with E-state index in [0.717, 1.165) is 12.8 Å². The number of ether oxygens (including phenoxy) is 1. The number of nitro benzene ring substituents is 1. The van der Waals surface area contributed by atoms with Crippen LogP contribution < -0.4 is 10.1 Å². The first-order valence-corrected chi connectivity index (χ1v) is 6.42. The summed E-state index contributed by atoms with van der Waals surface area (Å²) in [6, 6.07) is 4.48. The molecule has 0 spiro atoms. The molecule has 1 aromatic rings. The third-order valence-electron chi connectivity index (χ3n) is 2.78. The van der Waals surface area contributed by atoms with E-state index in [0.29, 0.717) is 12.6 Å². The fourth-order valence-corrected chi connectivity index (χ4v) is 1.72. The summed E-state index contributed by atoms with van der Waals surface area (Å²) in [6.07, 6.45) is 1.62. The lowest BCUT2D eigenvalue weighted by Crippen LogP contribution is -2.32. The maximum absolute atomic E-state index is 10.6. The molecule has 1 saturated carbocycles. The Hall–Kier alpha value is -1.37. The Labute approximate surface area is 115 Å². The van der Waals surface area contributed by atoms with Crippen molar-refractivity contribution in [1.82, 2.24) is 5.32 Å². The molecule has 1 fully saturated rings. The van der Waals surface area contributed by atoms with Crippen LogP contribution in [0, 0.1) is 10.1 Å². The molecule has 0 aliphatic heterocycles. The van der Waals surface area contributed by atoms with E-state index < -0.39 is 11.0 Å². The molecular formula is C12H15ClN2O4. The van der Waals surface area contributed by atoms with Gasteiger partial charge >= 0.3 is 0 Å². The number of halogens is 1. The summed E-state index contributed by atoms with van der Waals surface area (Å²) in [6.45, 7) is 0.484. The topological polar surface area (TPSA) is 84.6 Å². The van der Waals surface area contributed by atoms with Gasteiger partial charge in [-0.1, -0.05) is 11.6 Å². The van der Waals surface area contributed by atoms with E-state index in [-0.39, 0.29) is 23.1 Å². The van der Waals surface area contributed by atoms with Crippen molar-refractivity contribution in [2.45, 2.75) is 25.0 Å². The fraction of sp³-hybridized carbons (Fsp3) is 0.500. The van der Waals surface area contributed by atoms with E-state index in [1.54, 1.807) is 0 Å². The number of nitrogens with one attached hydrogen (secondary N) is 1. The highest BCUT2D eigenvalue weighted by Crippen LogP contribution is 2.28. The predicted octanol–water partition coefficient (Wildman–Crippen LogP) is 1.74. The summed E-state index contributed by atoms with van der Waals surface area (Å²) < 4.78 is 5.32. The lowest BCUT2D eigenvalue weighted by molar-refractivity contribution is -0.384. The molecule has 1 unspecified atom stereocenters. The van der Waals surface area contributed by atoms with Crippen molar-refractivity contribution in [1.29, 1.82) is 0 Å². The number of benzene rings is 1. The Bertz CT molecular complexity index is 465. The van der Waals surface area contributed by atoms with Gasteiger partial charge in [0, 0.05) is 18.7 Å². The normalized spacial score (nSPS) is 16.1. The van der Waals surface area contributed by atoms with Crippen LogP contribution >= 0.6 is 11.6 Å². The summed E-state index contributed by atoms with van der Waals surface area (Å²) in [5.41, 5.74) is -0.0926. The van der Waals surface area contributed by atoms with Gasteiger partial charge in [-0.3, -0.25) is 10.1 Å².